The molecule has 0 saturated heterocycles. The molecule has 0 saturated carbocycles. The van der Waals surface area contributed by atoms with Gasteiger partial charge in [0.25, 0.3) is 11.4 Å². The van der Waals surface area contributed by atoms with E-state index in [1.54, 1.807) is 29.2 Å². The van der Waals surface area contributed by atoms with Crippen LogP contribution in [0.25, 0.3) is 21.8 Å². The van der Waals surface area contributed by atoms with Crippen LogP contribution in [0.4, 0.5) is 11.4 Å². The normalized spacial score (nSPS) is 11.3. The van der Waals surface area contributed by atoms with Crippen molar-refractivity contribution < 1.29 is 14.6 Å². The van der Waals surface area contributed by atoms with E-state index in [0.717, 1.165) is 22.3 Å². The molecule has 32 heavy (non-hydrogen) atoms. The van der Waals surface area contributed by atoms with Crippen LogP contribution >= 0.6 is 0 Å². The van der Waals surface area contributed by atoms with Crippen molar-refractivity contribution in [1.82, 2.24) is 20.0 Å². The Balaban J connectivity index is 0.000000204. The molecular formula is C20H24N6O5Si. The molecule has 0 radical (unpaired) electrons. The zero-order valence-electron chi connectivity index (χ0n) is 18.0. The molecule has 2 heterocycles. The summed E-state index contributed by atoms with van der Waals surface area (Å²) >= 11 is 0. The number of nitro benzene ring substituents is 2. The Morgan fingerprint density at radius 1 is 1.00 bits per heavy atom. The first kappa shape index (κ1) is 23.0. The predicted molar refractivity (Wildman–Crippen MR) is 123 cm³/mol. The number of nitrogens with zero attached hydrogens (tertiary/aromatic N) is 5. The molecule has 2 aromatic heterocycles. The van der Waals surface area contributed by atoms with E-state index in [1.165, 1.54) is 24.3 Å². The van der Waals surface area contributed by atoms with Crippen LogP contribution in [-0.2, 0) is 11.5 Å². The lowest BCUT2D eigenvalue weighted by Gasteiger charge is -2.15. The minimum Gasteiger partial charge on any atom is -0.360 e. The third-order valence-electron chi connectivity index (χ3n) is 4.69. The summed E-state index contributed by atoms with van der Waals surface area (Å²) in [6.45, 7) is 7.91. The van der Waals surface area contributed by atoms with E-state index in [2.05, 4.69) is 34.9 Å². The number of benzene rings is 2. The van der Waals surface area contributed by atoms with Gasteiger partial charge in [-0.25, -0.2) is 4.68 Å². The maximum absolute atomic E-state index is 10.8. The van der Waals surface area contributed by atoms with E-state index in [0.29, 0.717) is 18.9 Å². The smallest absolute Gasteiger partial charge is 0.271 e. The fourth-order valence-electron chi connectivity index (χ4n) is 2.84. The Bertz CT molecular complexity index is 1250. The third kappa shape index (κ3) is 5.95. The van der Waals surface area contributed by atoms with Gasteiger partial charge in [0.15, 0.2) is 0 Å². The van der Waals surface area contributed by atoms with Gasteiger partial charge in [-0.05, 0) is 18.2 Å². The molecule has 0 aliphatic rings. The van der Waals surface area contributed by atoms with Crippen LogP contribution in [0, 0.1) is 20.2 Å². The first-order chi connectivity index (χ1) is 15.1. The van der Waals surface area contributed by atoms with Crippen molar-refractivity contribution in [1.29, 1.82) is 0 Å². The van der Waals surface area contributed by atoms with Crippen molar-refractivity contribution in [3.8, 4) is 0 Å². The molecule has 4 rings (SSSR count). The Hall–Kier alpha value is -3.64. The van der Waals surface area contributed by atoms with Gasteiger partial charge in [-0.3, -0.25) is 25.3 Å². The largest absolute Gasteiger partial charge is 0.360 e. The van der Waals surface area contributed by atoms with Crippen LogP contribution < -0.4 is 0 Å². The molecule has 0 bridgehead atoms. The first-order valence-corrected chi connectivity index (χ1v) is 13.6. The van der Waals surface area contributed by atoms with Crippen molar-refractivity contribution in [2.75, 3.05) is 6.61 Å². The van der Waals surface area contributed by atoms with Crippen molar-refractivity contribution in [2.24, 2.45) is 0 Å². The number of nitro groups is 2. The lowest BCUT2D eigenvalue weighted by atomic mass is 10.2. The third-order valence-corrected chi connectivity index (χ3v) is 6.39. The van der Waals surface area contributed by atoms with Crippen LogP contribution in [0.5, 0.6) is 0 Å². The number of hydrogen-bond acceptors (Lipinski definition) is 7. The van der Waals surface area contributed by atoms with E-state index in [9.17, 15) is 20.2 Å². The lowest BCUT2D eigenvalue weighted by Crippen LogP contribution is -2.22. The fraction of sp³-hybridized carbons (Fsp3) is 0.300. The summed E-state index contributed by atoms with van der Waals surface area (Å²) in [5, 5.41) is 33.5. The number of ether oxygens (including phenoxy) is 1. The monoisotopic (exact) mass is 456 g/mol. The van der Waals surface area contributed by atoms with Gasteiger partial charge >= 0.3 is 0 Å². The predicted octanol–water partition coefficient (Wildman–Crippen LogP) is 4.73. The van der Waals surface area contributed by atoms with Crippen LogP contribution in [0.1, 0.15) is 0 Å². The summed E-state index contributed by atoms with van der Waals surface area (Å²) in [5.74, 6) is 0. The number of nitrogens with one attached hydrogen (secondary N) is 1. The summed E-state index contributed by atoms with van der Waals surface area (Å²) in [4.78, 5) is 20.3. The number of aromatic nitrogens is 4. The molecule has 0 fully saturated rings. The van der Waals surface area contributed by atoms with Crippen molar-refractivity contribution in [3.63, 3.8) is 0 Å². The Morgan fingerprint density at radius 2 is 1.66 bits per heavy atom. The van der Waals surface area contributed by atoms with Crippen molar-refractivity contribution >= 4 is 41.3 Å². The summed E-state index contributed by atoms with van der Waals surface area (Å²) in [6, 6.07) is 10.4. The molecule has 0 atom stereocenters. The molecule has 1 N–H and O–H groups in total. The molecule has 0 aliphatic heterocycles. The van der Waals surface area contributed by atoms with Gasteiger partial charge in [0, 0.05) is 49.7 Å². The summed E-state index contributed by atoms with van der Waals surface area (Å²) in [6.07, 6.45) is 3.32. The van der Waals surface area contributed by atoms with E-state index in [4.69, 9.17) is 4.74 Å². The number of aromatic amines is 1. The topological polar surface area (TPSA) is 142 Å². The highest BCUT2D eigenvalue weighted by atomic mass is 28.3. The average Bonchev–Trinajstić information content (AvgIpc) is 3.36. The van der Waals surface area contributed by atoms with E-state index in [-0.39, 0.29) is 11.4 Å². The minimum absolute atomic E-state index is 0.0707. The maximum Gasteiger partial charge on any atom is 0.271 e. The van der Waals surface area contributed by atoms with Crippen LogP contribution in [0.3, 0.4) is 0 Å². The van der Waals surface area contributed by atoms with Gasteiger partial charge in [0.05, 0.1) is 33.3 Å². The summed E-state index contributed by atoms with van der Waals surface area (Å²) < 4.78 is 7.29. The number of rotatable bonds is 7. The van der Waals surface area contributed by atoms with Crippen LogP contribution in [-0.4, -0.2) is 44.5 Å². The van der Waals surface area contributed by atoms with E-state index in [1.807, 2.05) is 0 Å². The van der Waals surface area contributed by atoms with Gasteiger partial charge in [0.1, 0.15) is 6.73 Å². The number of fused-ring (bicyclic) bond motifs is 2. The molecular weight excluding hydrogens is 432 g/mol. The van der Waals surface area contributed by atoms with Crippen molar-refractivity contribution in [3.05, 3.63) is 69.0 Å². The molecule has 2 aromatic carbocycles. The highest BCUT2D eigenvalue weighted by Crippen LogP contribution is 2.21. The van der Waals surface area contributed by atoms with Gasteiger partial charge < -0.3 is 4.74 Å². The minimum atomic E-state index is -1.10. The highest BCUT2D eigenvalue weighted by molar-refractivity contribution is 6.76. The number of H-pyrrole nitrogens is 1. The van der Waals surface area contributed by atoms with E-state index < -0.39 is 17.9 Å². The maximum atomic E-state index is 10.8. The Kier molecular flexibility index (Phi) is 6.95. The second kappa shape index (κ2) is 9.66. The van der Waals surface area contributed by atoms with Crippen molar-refractivity contribution in [2.45, 2.75) is 32.4 Å². The lowest BCUT2D eigenvalue weighted by molar-refractivity contribution is -0.384. The molecule has 0 aliphatic carbocycles. The Morgan fingerprint density at radius 3 is 2.31 bits per heavy atom. The standard InChI is InChI=1S/C13H19N3O3Si.C7H5N3O2/c1-20(2,3)7-6-19-10-15-13-8-12(16(17)18)5-4-11(13)9-14-15;11-10(12)6-2-1-5-4-8-9-7(5)3-6/h4-5,8-9H,6-7,10H2,1-3H3;1-4H,(H,8,9). The quantitative estimate of drug-likeness (QED) is 0.183. The number of hydrogen-bond donors (Lipinski definition) is 1. The molecule has 0 spiro atoms. The average molecular weight is 457 g/mol. The molecule has 0 amide bonds. The highest BCUT2D eigenvalue weighted by Gasteiger charge is 2.13. The molecule has 0 unspecified atom stereocenters. The van der Waals surface area contributed by atoms with Crippen LogP contribution in [0.2, 0.25) is 25.7 Å². The summed E-state index contributed by atoms with van der Waals surface area (Å²) in [7, 11) is -1.10. The van der Waals surface area contributed by atoms with Gasteiger partial charge in [-0.2, -0.15) is 10.2 Å². The molecule has 4 aromatic rings. The summed E-state index contributed by atoms with van der Waals surface area (Å²) in [5.41, 5.74) is 1.56. The SMILES string of the molecule is C[Si](C)(C)CCOCn1ncc2ccc([N+](=O)[O-])cc21.O=[N+]([O-])c1ccc2cn[nH]c2c1. The molecule has 11 nitrogen and oxygen atoms in total. The second-order valence-electron chi connectivity index (χ2n) is 8.39. The van der Waals surface area contributed by atoms with Crippen LogP contribution in [0.15, 0.2) is 48.8 Å². The molecule has 168 valence electrons. The van der Waals surface area contributed by atoms with Gasteiger partial charge in [0.2, 0.25) is 0 Å². The zero-order valence-corrected chi connectivity index (χ0v) is 19.0. The second-order valence-corrected chi connectivity index (χ2v) is 14.0. The van der Waals surface area contributed by atoms with Gasteiger partial charge in [-0.1, -0.05) is 19.6 Å². The first-order valence-electron chi connectivity index (χ1n) is 9.89. The number of non-ortho nitro benzene ring substituents is 2. The fourth-order valence-corrected chi connectivity index (χ4v) is 3.60. The van der Waals surface area contributed by atoms with Gasteiger partial charge in [-0.15, -0.1) is 0 Å². The van der Waals surface area contributed by atoms with E-state index >= 15 is 0 Å². The zero-order chi connectivity index (χ0) is 23.3. The molecule has 12 heteroatoms. The Labute approximate surface area is 184 Å².